The minimum atomic E-state index is -0.388. The molecule has 2 nitrogen and oxygen atoms in total. The summed E-state index contributed by atoms with van der Waals surface area (Å²) in [6.07, 6.45) is 3.14. The summed E-state index contributed by atoms with van der Waals surface area (Å²) in [5.41, 5.74) is 0.971. The molecule has 2 aromatic rings. The topological polar surface area (TPSA) is 17.8 Å². The molecule has 1 aromatic carbocycles. The second-order valence-electron chi connectivity index (χ2n) is 2.98. The van der Waals surface area contributed by atoms with Crippen LogP contribution in [0.3, 0.4) is 0 Å². The van der Waals surface area contributed by atoms with E-state index in [-0.39, 0.29) is 5.82 Å². The lowest BCUT2D eigenvalue weighted by Gasteiger charge is -2.05. The molecule has 15 heavy (non-hydrogen) atoms. The van der Waals surface area contributed by atoms with Crippen molar-refractivity contribution in [2.75, 3.05) is 0 Å². The average Bonchev–Trinajstić information content (AvgIpc) is 2.66. The average molecular weight is 245 g/mol. The second kappa shape index (κ2) is 4.21. The van der Waals surface area contributed by atoms with Crippen LogP contribution in [0.2, 0.25) is 5.02 Å². The molecule has 0 fully saturated rings. The molecular formula is C10H7Cl2FN2. The summed E-state index contributed by atoms with van der Waals surface area (Å²) in [6.45, 7) is 0. The third-order valence-electron chi connectivity index (χ3n) is 1.97. The zero-order valence-electron chi connectivity index (χ0n) is 7.62. The van der Waals surface area contributed by atoms with E-state index in [1.54, 1.807) is 18.3 Å². The Labute approximate surface area is 96.3 Å². The predicted molar refractivity (Wildman–Crippen MR) is 58.1 cm³/mol. The minimum Gasteiger partial charge on any atom is -0.302 e. The molecule has 0 atom stereocenters. The van der Waals surface area contributed by atoms with Gasteiger partial charge in [0.2, 0.25) is 0 Å². The molecule has 0 N–H and O–H groups in total. The molecule has 2 rings (SSSR count). The van der Waals surface area contributed by atoms with E-state index in [1.807, 2.05) is 0 Å². The summed E-state index contributed by atoms with van der Waals surface area (Å²) < 4.78 is 15.0. The van der Waals surface area contributed by atoms with Crippen LogP contribution in [0.15, 0.2) is 30.7 Å². The first-order valence-corrected chi connectivity index (χ1v) is 5.17. The number of hydrogen-bond acceptors (Lipinski definition) is 1. The molecular weight excluding hydrogens is 238 g/mol. The molecule has 0 aliphatic heterocycles. The predicted octanol–water partition coefficient (Wildman–Crippen LogP) is 3.40. The Morgan fingerprint density at radius 1 is 1.40 bits per heavy atom. The Morgan fingerprint density at radius 2 is 2.20 bits per heavy atom. The molecule has 0 bridgehead atoms. The van der Waals surface area contributed by atoms with Gasteiger partial charge in [-0.3, -0.25) is 0 Å². The Balaban J connectivity index is 2.53. The minimum absolute atomic E-state index is 0.291. The molecule has 0 radical (unpaired) electrons. The fourth-order valence-electron chi connectivity index (χ4n) is 1.29. The van der Waals surface area contributed by atoms with Crippen LogP contribution in [0, 0.1) is 5.82 Å². The number of para-hydroxylation sites is 1. The molecule has 0 saturated heterocycles. The van der Waals surface area contributed by atoms with E-state index in [4.69, 9.17) is 23.2 Å². The van der Waals surface area contributed by atoms with Crippen molar-refractivity contribution in [1.29, 1.82) is 0 Å². The molecule has 5 heteroatoms. The largest absolute Gasteiger partial charge is 0.302 e. The van der Waals surface area contributed by atoms with Crippen LogP contribution in [0.1, 0.15) is 5.69 Å². The van der Waals surface area contributed by atoms with Crippen LogP contribution < -0.4 is 0 Å². The zero-order chi connectivity index (χ0) is 10.8. The normalized spacial score (nSPS) is 10.6. The molecule has 0 aliphatic carbocycles. The lowest BCUT2D eigenvalue weighted by Crippen LogP contribution is -1.95. The summed E-state index contributed by atoms with van der Waals surface area (Å²) in [6, 6.07) is 4.53. The maximum absolute atomic E-state index is 13.5. The first-order chi connectivity index (χ1) is 7.22. The lowest BCUT2D eigenvalue weighted by atomic mass is 10.3. The number of hydrogen-bond donors (Lipinski definition) is 0. The van der Waals surface area contributed by atoms with Gasteiger partial charge in [-0.05, 0) is 12.1 Å². The number of aromatic nitrogens is 2. The number of rotatable bonds is 2. The van der Waals surface area contributed by atoms with Gasteiger partial charge in [0.1, 0.15) is 11.5 Å². The fourth-order valence-corrected chi connectivity index (χ4v) is 1.69. The van der Waals surface area contributed by atoms with Gasteiger partial charge >= 0.3 is 0 Å². The van der Waals surface area contributed by atoms with Crippen LogP contribution >= 0.6 is 23.2 Å². The summed E-state index contributed by atoms with van der Waals surface area (Å²) in [4.78, 5) is 4.00. The van der Waals surface area contributed by atoms with Crippen molar-refractivity contribution in [3.05, 3.63) is 47.3 Å². The third kappa shape index (κ3) is 1.98. The monoisotopic (exact) mass is 244 g/mol. The van der Waals surface area contributed by atoms with Crippen molar-refractivity contribution in [3.8, 4) is 5.69 Å². The standard InChI is InChI=1S/C10H7Cl2FN2/c11-4-7-5-15(6-14-7)10-8(12)2-1-3-9(10)13/h1-3,5-6H,4H2. The van der Waals surface area contributed by atoms with Crippen molar-refractivity contribution in [1.82, 2.24) is 9.55 Å². The van der Waals surface area contributed by atoms with Crippen molar-refractivity contribution in [2.45, 2.75) is 5.88 Å². The van der Waals surface area contributed by atoms with E-state index in [2.05, 4.69) is 4.98 Å². The maximum atomic E-state index is 13.5. The van der Waals surface area contributed by atoms with Crippen molar-refractivity contribution in [3.63, 3.8) is 0 Å². The molecule has 1 aromatic heterocycles. The van der Waals surface area contributed by atoms with Gasteiger partial charge < -0.3 is 4.57 Å². The van der Waals surface area contributed by atoms with Crippen molar-refractivity contribution >= 4 is 23.2 Å². The molecule has 0 saturated carbocycles. The van der Waals surface area contributed by atoms with Gasteiger partial charge in [-0.15, -0.1) is 11.6 Å². The van der Waals surface area contributed by atoms with Gasteiger partial charge in [0, 0.05) is 6.20 Å². The number of alkyl halides is 1. The van der Waals surface area contributed by atoms with Gasteiger partial charge in [0.25, 0.3) is 0 Å². The highest BCUT2D eigenvalue weighted by molar-refractivity contribution is 6.32. The molecule has 1 heterocycles. The Bertz CT molecular complexity index is 462. The highest BCUT2D eigenvalue weighted by atomic mass is 35.5. The first-order valence-electron chi connectivity index (χ1n) is 4.25. The number of benzene rings is 1. The van der Waals surface area contributed by atoms with Gasteiger partial charge in [-0.2, -0.15) is 0 Å². The molecule has 78 valence electrons. The van der Waals surface area contributed by atoms with Gasteiger partial charge in [-0.1, -0.05) is 17.7 Å². The lowest BCUT2D eigenvalue weighted by molar-refractivity contribution is 0.618. The van der Waals surface area contributed by atoms with Crippen LogP contribution in [0.4, 0.5) is 4.39 Å². The van der Waals surface area contributed by atoms with E-state index in [0.29, 0.717) is 22.3 Å². The fraction of sp³-hybridized carbons (Fsp3) is 0.100. The van der Waals surface area contributed by atoms with E-state index in [1.165, 1.54) is 17.0 Å². The summed E-state index contributed by atoms with van der Waals surface area (Å²) in [7, 11) is 0. The summed E-state index contributed by atoms with van der Waals surface area (Å²) in [5.74, 6) is -0.0972. The van der Waals surface area contributed by atoms with Gasteiger partial charge in [0.05, 0.1) is 22.9 Å². The van der Waals surface area contributed by atoms with E-state index in [0.717, 1.165) is 0 Å². The van der Waals surface area contributed by atoms with E-state index in [9.17, 15) is 4.39 Å². The highest BCUT2D eigenvalue weighted by Gasteiger charge is 2.09. The SMILES string of the molecule is Fc1cccc(Cl)c1-n1cnc(CCl)c1. The summed E-state index contributed by atoms with van der Waals surface area (Å²) in [5, 5.41) is 0.341. The second-order valence-corrected chi connectivity index (χ2v) is 3.65. The van der Waals surface area contributed by atoms with Crippen LogP contribution in [0.25, 0.3) is 5.69 Å². The Hall–Kier alpha value is -1.06. The summed E-state index contributed by atoms with van der Waals surface area (Å²) >= 11 is 11.5. The highest BCUT2D eigenvalue weighted by Crippen LogP contribution is 2.23. The Morgan fingerprint density at radius 3 is 2.80 bits per heavy atom. The maximum Gasteiger partial charge on any atom is 0.148 e. The first kappa shape index (κ1) is 10.5. The van der Waals surface area contributed by atoms with Gasteiger partial charge in [-0.25, -0.2) is 9.37 Å². The quantitative estimate of drug-likeness (QED) is 0.741. The van der Waals surface area contributed by atoms with Crippen LogP contribution in [-0.4, -0.2) is 9.55 Å². The number of nitrogens with zero attached hydrogens (tertiary/aromatic N) is 2. The molecule has 0 amide bonds. The van der Waals surface area contributed by atoms with E-state index >= 15 is 0 Å². The third-order valence-corrected chi connectivity index (χ3v) is 2.55. The number of halogens is 3. The van der Waals surface area contributed by atoms with Crippen molar-refractivity contribution in [2.24, 2.45) is 0 Å². The molecule has 0 spiro atoms. The smallest absolute Gasteiger partial charge is 0.148 e. The van der Waals surface area contributed by atoms with Crippen LogP contribution in [-0.2, 0) is 5.88 Å². The Kier molecular flexibility index (Phi) is 2.93. The number of imidazole rings is 1. The van der Waals surface area contributed by atoms with Gasteiger partial charge in [0.15, 0.2) is 0 Å². The van der Waals surface area contributed by atoms with Crippen LogP contribution in [0.5, 0.6) is 0 Å². The molecule has 0 aliphatic rings. The zero-order valence-corrected chi connectivity index (χ0v) is 9.13. The van der Waals surface area contributed by atoms with E-state index < -0.39 is 0 Å². The molecule has 0 unspecified atom stereocenters. The van der Waals surface area contributed by atoms with Crippen molar-refractivity contribution < 1.29 is 4.39 Å².